The summed E-state index contributed by atoms with van der Waals surface area (Å²) >= 11 is 0. The van der Waals surface area contributed by atoms with Crippen molar-refractivity contribution in [2.75, 3.05) is 19.3 Å². The first-order valence-electron chi connectivity index (χ1n) is 6.54. The van der Waals surface area contributed by atoms with E-state index in [-0.39, 0.29) is 18.2 Å². The lowest BCUT2D eigenvalue weighted by Gasteiger charge is -2.30. The van der Waals surface area contributed by atoms with Gasteiger partial charge in [0.25, 0.3) is 5.56 Å². The Labute approximate surface area is 122 Å². The number of carboxylic acid groups (broad SMARTS) is 1. The number of carbonyl (C=O) groups is 1. The van der Waals surface area contributed by atoms with Gasteiger partial charge >= 0.3 is 5.97 Å². The Morgan fingerprint density at radius 1 is 1.48 bits per heavy atom. The maximum Gasteiger partial charge on any atom is 0.356 e. The fourth-order valence-corrected chi connectivity index (χ4v) is 3.36. The van der Waals surface area contributed by atoms with Crippen LogP contribution in [0.4, 0.5) is 0 Å². The van der Waals surface area contributed by atoms with E-state index in [9.17, 15) is 18.0 Å². The molecule has 1 N–H and O–H groups in total. The van der Waals surface area contributed by atoms with Crippen LogP contribution in [0.3, 0.4) is 0 Å². The largest absolute Gasteiger partial charge is 0.476 e. The highest BCUT2D eigenvalue weighted by Crippen LogP contribution is 2.19. The highest BCUT2D eigenvalue weighted by Gasteiger charge is 2.26. The van der Waals surface area contributed by atoms with Gasteiger partial charge in [-0.05, 0) is 24.8 Å². The molecule has 0 bridgehead atoms. The quantitative estimate of drug-likeness (QED) is 0.810. The molecule has 0 aromatic carbocycles. The van der Waals surface area contributed by atoms with Crippen molar-refractivity contribution in [1.82, 2.24) is 14.1 Å². The molecule has 0 spiro atoms. The van der Waals surface area contributed by atoms with Crippen LogP contribution >= 0.6 is 0 Å². The lowest BCUT2D eigenvalue weighted by Crippen LogP contribution is -2.41. The van der Waals surface area contributed by atoms with E-state index in [1.165, 1.54) is 4.31 Å². The van der Waals surface area contributed by atoms with Crippen molar-refractivity contribution in [3.05, 3.63) is 28.2 Å². The standard InChI is InChI=1S/C12H17N3O5S/c1-21(19,20)14-6-2-3-9(7-14)8-15-11(16)5-4-10(13-15)12(17)18/h4-5,9H,2-3,6-8H2,1H3,(H,17,18). The minimum atomic E-state index is -3.25. The molecule has 1 saturated heterocycles. The van der Waals surface area contributed by atoms with Gasteiger partial charge in [0.2, 0.25) is 10.0 Å². The van der Waals surface area contributed by atoms with Gasteiger partial charge in [-0.1, -0.05) is 0 Å². The number of piperidine rings is 1. The number of aromatic nitrogens is 2. The topological polar surface area (TPSA) is 110 Å². The van der Waals surface area contributed by atoms with Gasteiger partial charge in [0.05, 0.1) is 6.26 Å². The van der Waals surface area contributed by atoms with Gasteiger partial charge in [0.15, 0.2) is 5.69 Å². The Morgan fingerprint density at radius 2 is 2.19 bits per heavy atom. The zero-order valence-corrected chi connectivity index (χ0v) is 12.4. The number of aromatic carboxylic acids is 1. The minimum absolute atomic E-state index is 0.0530. The van der Waals surface area contributed by atoms with Crippen LogP contribution in [-0.4, -0.2) is 52.9 Å². The number of sulfonamides is 1. The first-order chi connectivity index (χ1) is 9.77. The molecule has 1 aromatic rings. The van der Waals surface area contributed by atoms with Crippen LogP contribution in [0.2, 0.25) is 0 Å². The Bertz CT molecular complexity index is 697. The van der Waals surface area contributed by atoms with Crippen molar-refractivity contribution >= 4 is 16.0 Å². The van der Waals surface area contributed by atoms with Gasteiger partial charge in [-0.3, -0.25) is 4.79 Å². The van der Waals surface area contributed by atoms with Crippen molar-refractivity contribution in [2.45, 2.75) is 19.4 Å². The molecule has 2 heterocycles. The first-order valence-corrected chi connectivity index (χ1v) is 8.39. The molecular formula is C12H17N3O5S. The Morgan fingerprint density at radius 3 is 2.81 bits per heavy atom. The van der Waals surface area contributed by atoms with Crippen LogP contribution in [0, 0.1) is 5.92 Å². The van der Waals surface area contributed by atoms with Crippen LogP contribution in [0.1, 0.15) is 23.3 Å². The van der Waals surface area contributed by atoms with Crippen molar-refractivity contribution in [3.63, 3.8) is 0 Å². The predicted octanol–water partition coefficient (Wildman–Crippen LogP) is -0.387. The van der Waals surface area contributed by atoms with E-state index in [4.69, 9.17) is 5.11 Å². The summed E-state index contributed by atoms with van der Waals surface area (Å²) in [5.74, 6) is -1.26. The van der Waals surface area contributed by atoms with Crippen LogP contribution < -0.4 is 5.56 Å². The van der Waals surface area contributed by atoms with Crippen LogP contribution in [0.5, 0.6) is 0 Å². The highest BCUT2D eigenvalue weighted by molar-refractivity contribution is 7.88. The van der Waals surface area contributed by atoms with E-state index < -0.39 is 21.6 Å². The summed E-state index contributed by atoms with van der Waals surface area (Å²) in [7, 11) is -3.25. The van der Waals surface area contributed by atoms with Crippen LogP contribution in [0.15, 0.2) is 16.9 Å². The van der Waals surface area contributed by atoms with Gasteiger partial charge in [-0.25, -0.2) is 22.2 Å². The van der Waals surface area contributed by atoms with E-state index in [1.54, 1.807) is 0 Å². The molecule has 1 aliphatic rings. The van der Waals surface area contributed by atoms with Gasteiger partial charge in [0, 0.05) is 25.7 Å². The van der Waals surface area contributed by atoms with E-state index in [2.05, 4.69) is 5.10 Å². The fraction of sp³-hybridized carbons (Fsp3) is 0.583. The normalized spacial score (nSPS) is 20.3. The van der Waals surface area contributed by atoms with Crippen molar-refractivity contribution < 1.29 is 18.3 Å². The van der Waals surface area contributed by atoms with Crippen LogP contribution in [0.25, 0.3) is 0 Å². The summed E-state index contributed by atoms with van der Waals surface area (Å²) in [6, 6.07) is 2.32. The average molecular weight is 315 g/mol. The summed E-state index contributed by atoms with van der Waals surface area (Å²) in [4.78, 5) is 22.6. The van der Waals surface area contributed by atoms with Crippen molar-refractivity contribution in [2.24, 2.45) is 5.92 Å². The van der Waals surface area contributed by atoms with Gasteiger partial charge < -0.3 is 5.11 Å². The predicted molar refractivity (Wildman–Crippen MR) is 74.6 cm³/mol. The molecule has 1 unspecified atom stereocenters. The molecular weight excluding hydrogens is 298 g/mol. The molecule has 1 fully saturated rings. The molecule has 1 aromatic heterocycles. The SMILES string of the molecule is CS(=O)(=O)N1CCCC(Cn2nc(C(=O)O)ccc2=O)C1. The monoisotopic (exact) mass is 315 g/mol. The lowest BCUT2D eigenvalue weighted by atomic mass is 10.00. The van der Waals surface area contributed by atoms with Crippen molar-refractivity contribution in [3.8, 4) is 0 Å². The summed E-state index contributed by atoms with van der Waals surface area (Å²) in [6.45, 7) is 1.02. The minimum Gasteiger partial charge on any atom is -0.476 e. The van der Waals surface area contributed by atoms with E-state index in [0.717, 1.165) is 29.5 Å². The molecule has 2 rings (SSSR count). The number of hydrogen-bond acceptors (Lipinski definition) is 5. The fourth-order valence-electron chi connectivity index (χ4n) is 2.42. The molecule has 1 atom stereocenters. The maximum atomic E-state index is 11.7. The Kier molecular flexibility index (Phi) is 4.43. The third-order valence-corrected chi connectivity index (χ3v) is 4.74. The molecule has 116 valence electrons. The van der Waals surface area contributed by atoms with Gasteiger partial charge in [0.1, 0.15) is 0 Å². The number of carboxylic acids is 1. The smallest absolute Gasteiger partial charge is 0.356 e. The second-order valence-electron chi connectivity index (χ2n) is 5.17. The number of hydrogen-bond donors (Lipinski definition) is 1. The molecule has 8 nitrogen and oxygen atoms in total. The zero-order valence-electron chi connectivity index (χ0n) is 11.6. The lowest BCUT2D eigenvalue weighted by molar-refractivity contribution is 0.0686. The summed E-state index contributed by atoms with van der Waals surface area (Å²) in [5.41, 5.74) is -0.596. The van der Waals surface area contributed by atoms with Crippen molar-refractivity contribution in [1.29, 1.82) is 0 Å². The third kappa shape index (κ3) is 3.88. The van der Waals surface area contributed by atoms with Gasteiger partial charge in [-0.2, -0.15) is 5.10 Å². The summed E-state index contributed by atoms with van der Waals surface area (Å²) < 4.78 is 25.6. The molecule has 0 aliphatic carbocycles. The molecule has 0 saturated carbocycles. The van der Waals surface area contributed by atoms with E-state index in [0.29, 0.717) is 19.5 Å². The van der Waals surface area contributed by atoms with Gasteiger partial charge in [-0.15, -0.1) is 0 Å². The Hall–Kier alpha value is -1.74. The zero-order chi connectivity index (χ0) is 15.6. The number of rotatable bonds is 4. The first kappa shape index (κ1) is 15.6. The summed E-state index contributed by atoms with van der Waals surface area (Å²) in [5, 5.41) is 12.7. The average Bonchev–Trinajstić information content (AvgIpc) is 2.40. The highest BCUT2D eigenvalue weighted by atomic mass is 32.2. The second-order valence-corrected chi connectivity index (χ2v) is 7.16. The van der Waals surface area contributed by atoms with Crippen LogP contribution in [-0.2, 0) is 16.6 Å². The Balaban J connectivity index is 2.16. The van der Waals surface area contributed by atoms with E-state index in [1.807, 2.05) is 0 Å². The molecule has 1 aliphatic heterocycles. The molecule has 0 radical (unpaired) electrons. The molecule has 9 heteroatoms. The van der Waals surface area contributed by atoms with E-state index >= 15 is 0 Å². The second kappa shape index (κ2) is 5.94. The molecule has 0 amide bonds. The maximum absolute atomic E-state index is 11.7. The number of nitrogens with zero attached hydrogens (tertiary/aromatic N) is 3. The third-order valence-electron chi connectivity index (χ3n) is 3.47. The summed E-state index contributed by atoms with van der Waals surface area (Å²) in [6.07, 6.45) is 2.65. The molecule has 21 heavy (non-hydrogen) atoms.